The molecule has 0 fully saturated rings. The average Bonchev–Trinajstić information content (AvgIpc) is 3.18. The van der Waals surface area contributed by atoms with E-state index in [0.29, 0.717) is 16.1 Å². The highest BCUT2D eigenvalue weighted by Gasteiger charge is 2.26. The number of hydrogen-bond donors (Lipinski definition) is 1. The van der Waals surface area contributed by atoms with Crippen molar-refractivity contribution in [1.82, 2.24) is 19.6 Å². The number of carbonyl (C=O) groups is 3. The fourth-order valence-electron chi connectivity index (χ4n) is 2.65. The molecule has 10 heteroatoms. The summed E-state index contributed by atoms with van der Waals surface area (Å²) in [6.07, 6.45) is 1.30. The fraction of sp³-hybridized carbons (Fsp3) is 0.294. The number of carbonyl (C=O) groups excluding carboxylic acids is 3. The number of hydrogen-bond acceptors (Lipinski definition) is 8. The molecule has 3 heterocycles. The van der Waals surface area contributed by atoms with Crippen molar-refractivity contribution in [2.45, 2.75) is 27.7 Å². The maximum absolute atomic E-state index is 12.8. The van der Waals surface area contributed by atoms with E-state index in [2.05, 4.69) is 20.4 Å². The van der Waals surface area contributed by atoms with E-state index in [1.165, 1.54) is 17.8 Å². The third-order valence-electron chi connectivity index (χ3n) is 3.79. The molecular formula is C17H17N5O4S. The van der Waals surface area contributed by atoms with Crippen LogP contribution in [0.15, 0.2) is 12.4 Å². The maximum atomic E-state index is 12.8. The number of Topliss-reactive ketones (excluding diaryl/α,β-unsaturated/α-hetero) is 1. The molecule has 0 aliphatic rings. The van der Waals surface area contributed by atoms with Crippen molar-refractivity contribution in [3.05, 3.63) is 39.8 Å². The first-order valence-corrected chi connectivity index (χ1v) is 8.95. The zero-order valence-corrected chi connectivity index (χ0v) is 16.0. The highest BCUT2D eigenvalue weighted by Crippen LogP contribution is 2.34. The summed E-state index contributed by atoms with van der Waals surface area (Å²) in [5, 5.41) is 6.96. The average molecular weight is 387 g/mol. The van der Waals surface area contributed by atoms with E-state index in [1.807, 2.05) is 0 Å². The summed E-state index contributed by atoms with van der Waals surface area (Å²) in [6.45, 7) is 6.66. The van der Waals surface area contributed by atoms with Crippen molar-refractivity contribution in [3.63, 3.8) is 0 Å². The molecule has 9 nitrogen and oxygen atoms in total. The largest absolute Gasteiger partial charge is 0.462 e. The van der Waals surface area contributed by atoms with Gasteiger partial charge < -0.3 is 10.1 Å². The second kappa shape index (κ2) is 7.23. The Morgan fingerprint density at radius 2 is 2.04 bits per heavy atom. The summed E-state index contributed by atoms with van der Waals surface area (Å²) < 4.78 is 6.38. The Labute approximate surface area is 158 Å². The predicted molar refractivity (Wildman–Crippen MR) is 98.5 cm³/mol. The zero-order chi connectivity index (χ0) is 19.7. The van der Waals surface area contributed by atoms with Gasteiger partial charge in [-0.2, -0.15) is 14.6 Å². The van der Waals surface area contributed by atoms with Gasteiger partial charge in [0.15, 0.2) is 5.78 Å². The minimum atomic E-state index is -0.592. The monoisotopic (exact) mass is 387 g/mol. The van der Waals surface area contributed by atoms with E-state index in [1.54, 1.807) is 26.8 Å². The van der Waals surface area contributed by atoms with Crippen LogP contribution in [-0.4, -0.2) is 43.8 Å². The van der Waals surface area contributed by atoms with Gasteiger partial charge in [0.05, 0.1) is 17.0 Å². The first-order chi connectivity index (χ1) is 12.8. The molecule has 1 amide bonds. The van der Waals surface area contributed by atoms with E-state index >= 15 is 0 Å². The second-order valence-electron chi connectivity index (χ2n) is 5.75. The number of amides is 1. The molecule has 3 rings (SSSR count). The molecule has 0 spiro atoms. The molecule has 0 saturated carbocycles. The van der Waals surface area contributed by atoms with E-state index < -0.39 is 11.9 Å². The molecule has 27 heavy (non-hydrogen) atoms. The van der Waals surface area contributed by atoms with Crippen LogP contribution in [0.3, 0.4) is 0 Å². The molecule has 0 aliphatic heterocycles. The van der Waals surface area contributed by atoms with E-state index in [4.69, 9.17) is 4.74 Å². The summed E-state index contributed by atoms with van der Waals surface area (Å²) in [7, 11) is 0. The SMILES string of the molecule is CCOC(=O)c1c(NC(=O)c2cc(C)nc3ncnn23)sc(C(C)=O)c1C. The lowest BCUT2D eigenvalue weighted by molar-refractivity contribution is 0.0527. The van der Waals surface area contributed by atoms with Crippen molar-refractivity contribution < 1.29 is 19.1 Å². The van der Waals surface area contributed by atoms with Crippen LogP contribution < -0.4 is 5.32 Å². The topological polar surface area (TPSA) is 116 Å². The molecule has 0 bridgehead atoms. The van der Waals surface area contributed by atoms with Gasteiger partial charge >= 0.3 is 5.97 Å². The summed E-state index contributed by atoms with van der Waals surface area (Å²) >= 11 is 1.04. The van der Waals surface area contributed by atoms with Gasteiger partial charge in [-0.1, -0.05) is 0 Å². The van der Waals surface area contributed by atoms with E-state index in [-0.39, 0.29) is 34.4 Å². The van der Waals surface area contributed by atoms with Gasteiger partial charge in [-0.15, -0.1) is 11.3 Å². The van der Waals surface area contributed by atoms with Crippen LogP contribution in [0.4, 0.5) is 5.00 Å². The van der Waals surface area contributed by atoms with Crippen LogP contribution in [-0.2, 0) is 4.74 Å². The van der Waals surface area contributed by atoms with Crippen molar-refractivity contribution in [1.29, 1.82) is 0 Å². The Kier molecular flexibility index (Phi) is 5.00. The van der Waals surface area contributed by atoms with Gasteiger partial charge in [-0.05, 0) is 39.3 Å². The lowest BCUT2D eigenvalue weighted by Crippen LogP contribution is -2.19. The molecule has 1 N–H and O–H groups in total. The second-order valence-corrected chi connectivity index (χ2v) is 6.77. The zero-order valence-electron chi connectivity index (χ0n) is 15.2. The number of nitrogens with one attached hydrogen (secondary N) is 1. The summed E-state index contributed by atoms with van der Waals surface area (Å²) in [4.78, 5) is 45.6. The van der Waals surface area contributed by atoms with Gasteiger partial charge in [0.2, 0.25) is 0 Å². The fourth-order valence-corrected chi connectivity index (χ4v) is 3.73. The molecule has 0 saturated heterocycles. The van der Waals surface area contributed by atoms with Gasteiger partial charge in [0, 0.05) is 5.69 Å². The minimum Gasteiger partial charge on any atom is -0.462 e. The number of rotatable bonds is 5. The molecule has 3 aromatic heterocycles. The van der Waals surface area contributed by atoms with Crippen molar-refractivity contribution in [3.8, 4) is 0 Å². The van der Waals surface area contributed by atoms with E-state index in [9.17, 15) is 14.4 Å². The lowest BCUT2D eigenvalue weighted by atomic mass is 10.1. The standard InChI is InChI=1S/C17H17N5O4S/c1-5-26-16(25)12-9(3)13(10(4)23)27-15(12)21-14(24)11-6-8(2)20-17-18-7-19-22(11)17/h6-7H,5H2,1-4H3,(H,21,24). The number of ether oxygens (including phenoxy) is 1. The number of nitrogens with zero attached hydrogens (tertiary/aromatic N) is 4. The Morgan fingerprint density at radius 1 is 1.30 bits per heavy atom. The predicted octanol–water partition coefficient (Wildman–Crippen LogP) is 2.43. The molecule has 0 aliphatic carbocycles. The smallest absolute Gasteiger partial charge is 0.341 e. The van der Waals surface area contributed by atoms with Gasteiger partial charge in [0.1, 0.15) is 17.0 Å². The molecule has 140 valence electrons. The Hall–Kier alpha value is -3.14. The third-order valence-corrected chi connectivity index (χ3v) is 5.09. The number of anilines is 1. The summed E-state index contributed by atoms with van der Waals surface area (Å²) in [6, 6.07) is 1.56. The number of ketones is 1. The van der Waals surface area contributed by atoms with Crippen molar-refractivity contribution in [2.75, 3.05) is 11.9 Å². The quantitative estimate of drug-likeness (QED) is 0.528. The molecule has 3 aromatic rings. The Morgan fingerprint density at radius 3 is 2.70 bits per heavy atom. The molecular weight excluding hydrogens is 370 g/mol. The molecule has 0 aromatic carbocycles. The first kappa shape index (κ1) is 18.6. The summed E-state index contributed by atoms with van der Waals surface area (Å²) in [5.74, 6) is -0.997. The Balaban J connectivity index is 2.05. The number of aryl methyl sites for hydroxylation is 1. The highest BCUT2D eigenvalue weighted by atomic mass is 32.1. The van der Waals surface area contributed by atoms with Crippen molar-refractivity contribution >= 4 is 39.8 Å². The van der Waals surface area contributed by atoms with Crippen LogP contribution in [0.2, 0.25) is 0 Å². The van der Waals surface area contributed by atoms with Gasteiger partial charge in [-0.3, -0.25) is 9.59 Å². The maximum Gasteiger partial charge on any atom is 0.341 e. The molecule has 0 unspecified atom stereocenters. The number of thiophene rings is 1. The van der Waals surface area contributed by atoms with Crippen LogP contribution >= 0.6 is 11.3 Å². The normalized spacial score (nSPS) is 10.8. The number of fused-ring (bicyclic) bond motifs is 1. The third kappa shape index (κ3) is 3.43. The summed E-state index contributed by atoms with van der Waals surface area (Å²) in [5.41, 5.74) is 1.47. The van der Waals surface area contributed by atoms with Gasteiger partial charge in [-0.25, -0.2) is 9.78 Å². The van der Waals surface area contributed by atoms with Crippen LogP contribution in [0, 0.1) is 13.8 Å². The van der Waals surface area contributed by atoms with E-state index in [0.717, 1.165) is 11.3 Å². The Bertz CT molecular complexity index is 1070. The minimum absolute atomic E-state index is 0.181. The first-order valence-electron chi connectivity index (χ1n) is 8.13. The van der Waals surface area contributed by atoms with Crippen LogP contribution in [0.5, 0.6) is 0 Å². The molecule has 0 radical (unpaired) electrons. The number of aromatic nitrogens is 4. The highest BCUT2D eigenvalue weighted by molar-refractivity contribution is 7.18. The lowest BCUT2D eigenvalue weighted by Gasteiger charge is -2.08. The number of esters is 1. The van der Waals surface area contributed by atoms with Crippen molar-refractivity contribution in [2.24, 2.45) is 0 Å². The van der Waals surface area contributed by atoms with Gasteiger partial charge in [0.25, 0.3) is 11.7 Å². The van der Waals surface area contributed by atoms with Crippen LogP contribution in [0.25, 0.3) is 5.78 Å². The van der Waals surface area contributed by atoms with Crippen LogP contribution in [0.1, 0.15) is 55.6 Å². The molecule has 0 atom stereocenters.